The fraction of sp³-hybridized carbons (Fsp3) is 0.182. The molecule has 176 valence electrons. The molecule has 12 heteroatoms. The van der Waals surface area contributed by atoms with E-state index in [2.05, 4.69) is 20.2 Å². The first kappa shape index (κ1) is 22.8. The highest BCUT2D eigenvalue weighted by molar-refractivity contribution is 6.05. The maximum Gasteiger partial charge on any atom is 0.573 e. The average Bonchev–Trinajstić information content (AvgIpc) is 3.44. The van der Waals surface area contributed by atoms with E-state index < -0.39 is 30.1 Å². The number of anilines is 1. The van der Waals surface area contributed by atoms with Crippen molar-refractivity contribution in [3.63, 3.8) is 0 Å². The molecule has 0 aliphatic heterocycles. The molecule has 0 aliphatic rings. The van der Waals surface area contributed by atoms with E-state index in [4.69, 9.17) is 13.7 Å². The van der Waals surface area contributed by atoms with Crippen LogP contribution in [0.15, 0.2) is 57.7 Å². The van der Waals surface area contributed by atoms with Crippen molar-refractivity contribution in [2.75, 3.05) is 5.32 Å². The Hall–Kier alpha value is -4.35. The number of amides is 1. The smallest absolute Gasteiger partial charge is 0.463 e. The summed E-state index contributed by atoms with van der Waals surface area (Å²) in [4.78, 5) is 29.7. The molecule has 3 aromatic heterocycles. The van der Waals surface area contributed by atoms with Crippen molar-refractivity contribution >= 4 is 28.7 Å². The van der Waals surface area contributed by atoms with Gasteiger partial charge in [0, 0.05) is 5.69 Å². The van der Waals surface area contributed by atoms with Gasteiger partial charge < -0.3 is 23.7 Å². The molecule has 1 N–H and O–H groups in total. The number of rotatable bonds is 6. The number of pyridine rings is 1. The SMILES string of the molecule is Cc1noc2nc(-c3ccco3)cc(C(=O)OC(C)C(=O)Nc3ccc(OC(F)(F)F)cc3)c12. The number of hydrogen-bond donors (Lipinski definition) is 1. The molecule has 0 spiro atoms. The summed E-state index contributed by atoms with van der Waals surface area (Å²) in [5, 5.41) is 6.61. The van der Waals surface area contributed by atoms with Gasteiger partial charge in [-0.2, -0.15) is 0 Å². The molecule has 1 amide bonds. The van der Waals surface area contributed by atoms with Crippen LogP contribution in [0.4, 0.5) is 18.9 Å². The summed E-state index contributed by atoms with van der Waals surface area (Å²) in [6.07, 6.45) is -4.63. The maximum atomic E-state index is 12.9. The molecular formula is C22H16F3N3O6. The van der Waals surface area contributed by atoms with Crippen molar-refractivity contribution in [2.45, 2.75) is 26.3 Å². The second kappa shape index (κ2) is 8.89. The molecule has 9 nitrogen and oxygen atoms in total. The minimum Gasteiger partial charge on any atom is -0.463 e. The van der Waals surface area contributed by atoms with E-state index in [1.165, 1.54) is 31.4 Å². The van der Waals surface area contributed by atoms with E-state index in [9.17, 15) is 22.8 Å². The van der Waals surface area contributed by atoms with Crippen LogP contribution in [-0.4, -0.2) is 34.5 Å². The number of esters is 1. The third-order valence-electron chi connectivity index (χ3n) is 4.62. The number of benzene rings is 1. The second-order valence-electron chi connectivity index (χ2n) is 7.09. The van der Waals surface area contributed by atoms with Crippen molar-refractivity contribution in [1.29, 1.82) is 0 Å². The summed E-state index contributed by atoms with van der Waals surface area (Å²) in [5.74, 6) is -1.59. The fourth-order valence-electron chi connectivity index (χ4n) is 3.07. The van der Waals surface area contributed by atoms with Crippen LogP contribution in [0.1, 0.15) is 23.0 Å². The van der Waals surface area contributed by atoms with Crippen LogP contribution in [0, 0.1) is 6.92 Å². The summed E-state index contributed by atoms with van der Waals surface area (Å²) in [7, 11) is 0. The highest BCUT2D eigenvalue weighted by Crippen LogP contribution is 2.28. The number of furan rings is 1. The summed E-state index contributed by atoms with van der Waals surface area (Å²) in [5.41, 5.74) is 1.06. The average molecular weight is 475 g/mol. The van der Waals surface area contributed by atoms with E-state index in [-0.39, 0.29) is 17.0 Å². The molecule has 0 saturated carbocycles. The number of carbonyl (C=O) groups excluding carboxylic acids is 2. The van der Waals surface area contributed by atoms with Crippen molar-refractivity contribution in [3.8, 4) is 17.2 Å². The summed E-state index contributed by atoms with van der Waals surface area (Å²) in [6, 6.07) is 9.26. The number of nitrogens with zero attached hydrogens (tertiary/aromatic N) is 2. The van der Waals surface area contributed by atoms with Gasteiger partial charge in [0.1, 0.15) is 11.4 Å². The van der Waals surface area contributed by atoms with Gasteiger partial charge in [0.25, 0.3) is 11.6 Å². The van der Waals surface area contributed by atoms with Gasteiger partial charge in [0.05, 0.1) is 22.9 Å². The first-order chi connectivity index (χ1) is 16.1. The molecule has 4 aromatic rings. The first-order valence-corrected chi connectivity index (χ1v) is 9.79. The Morgan fingerprint density at radius 1 is 1.15 bits per heavy atom. The quantitative estimate of drug-likeness (QED) is 0.393. The van der Waals surface area contributed by atoms with Gasteiger partial charge in [0.15, 0.2) is 11.9 Å². The van der Waals surface area contributed by atoms with Gasteiger partial charge in [-0.15, -0.1) is 13.2 Å². The molecule has 34 heavy (non-hydrogen) atoms. The Morgan fingerprint density at radius 3 is 2.53 bits per heavy atom. The Morgan fingerprint density at radius 2 is 1.88 bits per heavy atom. The lowest BCUT2D eigenvalue weighted by Crippen LogP contribution is -2.30. The molecule has 0 saturated heterocycles. The van der Waals surface area contributed by atoms with Crippen LogP contribution in [0.3, 0.4) is 0 Å². The second-order valence-corrected chi connectivity index (χ2v) is 7.09. The molecule has 0 bridgehead atoms. The predicted molar refractivity (Wildman–Crippen MR) is 111 cm³/mol. The third kappa shape index (κ3) is 5.00. The van der Waals surface area contributed by atoms with Crippen LogP contribution < -0.4 is 10.1 Å². The topological polar surface area (TPSA) is 117 Å². The minimum absolute atomic E-state index is 0.0726. The first-order valence-electron chi connectivity index (χ1n) is 9.79. The number of fused-ring (bicyclic) bond motifs is 1. The number of hydrogen-bond acceptors (Lipinski definition) is 8. The predicted octanol–water partition coefficient (Wildman–Crippen LogP) is 4.87. The molecular weight excluding hydrogens is 459 g/mol. The molecule has 1 aromatic carbocycles. The molecule has 3 heterocycles. The number of aryl methyl sites for hydroxylation is 1. The molecule has 0 aliphatic carbocycles. The molecule has 1 unspecified atom stereocenters. The van der Waals surface area contributed by atoms with Crippen molar-refractivity contribution in [1.82, 2.24) is 10.1 Å². The molecule has 4 rings (SSSR count). The van der Waals surface area contributed by atoms with Gasteiger partial charge in [-0.1, -0.05) is 5.16 Å². The lowest BCUT2D eigenvalue weighted by molar-refractivity contribution is -0.274. The number of nitrogens with one attached hydrogen (secondary N) is 1. The fourth-order valence-corrected chi connectivity index (χ4v) is 3.07. The van der Waals surface area contributed by atoms with Crippen LogP contribution in [0.5, 0.6) is 5.75 Å². The van der Waals surface area contributed by atoms with E-state index >= 15 is 0 Å². The molecule has 1 atom stereocenters. The largest absolute Gasteiger partial charge is 0.573 e. The van der Waals surface area contributed by atoms with E-state index in [1.54, 1.807) is 19.1 Å². The Kier molecular flexibility index (Phi) is 5.97. The minimum atomic E-state index is -4.83. The Bertz CT molecular complexity index is 1330. The number of halogens is 3. The van der Waals surface area contributed by atoms with E-state index in [0.717, 1.165) is 12.1 Å². The van der Waals surface area contributed by atoms with Crippen LogP contribution in [0.2, 0.25) is 0 Å². The summed E-state index contributed by atoms with van der Waals surface area (Å²) in [6.45, 7) is 2.97. The van der Waals surface area contributed by atoms with Crippen LogP contribution in [0.25, 0.3) is 22.6 Å². The zero-order valence-electron chi connectivity index (χ0n) is 17.7. The van der Waals surface area contributed by atoms with Crippen molar-refractivity contribution < 1.29 is 41.2 Å². The third-order valence-corrected chi connectivity index (χ3v) is 4.62. The maximum absolute atomic E-state index is 12.9. The monoisotopic (exact) mass is 475 g/mol. The van der Waals surface area contributed by atoms with E-state index in [1.807, 2.05) is 0 Å². The summed E-state index contributed by atoms with van der Waals surface area (Å²) < 4.78 is 56.4. The van der Waals surface area contributed by atoms with Gasteiger partial charge in [-0.25, -0.2) is 9.78 Å². The van der Waals surface area contributed by atoms with Crippen LogP contribution >= 0.6 is 0 Å². The van der Waals surface area contributed by atoms with Crippen molar-refractivity contribution in [3.05, 3.63) is 60.0 Å². The van der Waals surface area contributed by atoms with Gasteiger partial charge >= 0.3 is 12.3 Å². The Balaban J connectivity index is 1.49. The van der Waals surface area contributed by atoms with E-state index in [0.29, 0.717) is 22.5 Å². The normalized spacial score (nSPS) is 12.4. The number of ether oxygens (including phenoxy) is 2. The zero-order chi connectivity index (χ0) is 24.5. The van der Waals surface area contributed by atoms with Crippen molar-refractivity contribution in [2.24, 2.45) is 0 Å². The number of alkyl halides is 3. The molecule has 0 radical (unpaired) electrons. The molecule has 0 fully saturated rings. The zero-order valence-corrected chi connectivity index (χ0v) is 17.7. The number of aromatic nitrogens is 2. The number of carbonyl (C=O) groups is 2. The van der Waals surface area contributed by atoms with Gasteiger partial charge in [-0.05, 0) is 56.3 Å². The van der Waals surface area contributed by atoms with Crippen LogP contribution in [-0.2, 0) is 9.53 Å². The lowest BCUT2D eigenvalue weighted by Gasteiger charge is -2.14. The lowest BCUT2D eigenvalue weighted by atomic mass is 10.1. The standard InChI is InChI=1S/C22H16F3N3O6/c1-11-18-15(10-16(17-4-3-9-31-17)27-20(18)34-28-11)21(30)32-12(2)19(29)26-13-5-7-14(8-6-13)33-22(23,24)25/h3-10,12H,1-2H3,(H,26,29). The summed E-state index contributed by atoms with van der Waals surface area (Å²) >= 11 is 0. The highest BCUT2D eigenvalue weighted by atomic mass is 19.4. The Labute approximate surface area is 189 Å². The van der Waals surface area contributed by atoms with Gasteiger partial charge in [0.2, 0.25) is 0 Å². The highest BCUT2D eigenvalue weighted by Gasteiger charge is 2.31. The van der Waals surface area contributed by atoms with Gasteiger partial charge in [-0.3, -0.25) is 4.79 Å².